The zero-order valence-corrected chi connectivity index (χ0v) is 22.9. The molecule has 37 heavy (non-hydrogen) atoms. The van der Waals surface area contributed by atoms with Crippen LogP contribution in [0.5, 0.6) is 0 Å². The van der Waals surface area contributed by atoms with Crippen molar-refractivity contribution >= 4 is 57.6 Å². The minimum absolute atomic E-state index is 0.0348. The summed E-state index contributed by atoms with van der Waals surface area (Å²) < 4.78 is 25.6. The summed E-state index contributed by atoms with van der Waals surface area (Å²) in [6, 6.07) is 7.69. The molecule has 7 nitrogen and oxygen atoms in total. The number of carboxylic acids is 1. The first kappa shape index (κ1) is 28.6. The zero-order valence-electron chi connectivity index (χ0n) is 20.5. The predicted molar refractivity (Wildman–Crippen MR) is 144 cm³/mol. The van der Waals surface area contributed by atoms with Crippen molar-refractivity contribution in [3.63, 3.8) is 0 Å². The second-order valence-electron chi connectivity index (χ2n) is 9.20. The van der Waals surface area contributed by atoms with Crippen molar-refractivity contribution in [3.05, 3.63) is 74.0 Å². The topological polar surface area (TPSA) is 97.8 Å². The number of halogens is 3. The van der Waals surface area contributed by atoms with Crippen molar-refractivity contribution in [2.75, 3.05) is 19.0 Å². The molecule has 196 valence electrons. The molecule has 0 fully saturated rings. The van der Waals surface area contributed by atoms with Crippen LogP contribution in [0.25, 0.3) is 17.3 Å². The molecule has 0 aliphatic rings. The third-order valence-electron chi connectivity index (χ3n) is 4.92. The smallest absolute Gasteiger partial charge is 0.371 e. The van der Waals surface area contributed by atoms with Crippen LogP contribution in [0.2, 0.25) is 10.0 Å². The van der Waals surface area contributed by atoms with Gasteiger partial charge in [-0.3, -0.25) is 10.1 Å². The Morgan fingerprint density at radius 3 is 2.49 bits per heavy atom. The van der Waals surface area contributed by atoms with Gasteiger partial charge in [0, 0.05) is 27.6 Å². The first-order valence-corrected chi connectivity index (χ1v) is 12.6. The number of nitrogens with one attached hydrogen (secondary N) is 1. The van der Waals surface area contributed by atoms with E-state index >= 15 is 4.39 Å². The molecule has 0 saturated carbocycles. The van der Waals surface area contributed by atoms with Crippen molar-refractivity contribution in [1.29, 1.82) is 0 Å². The Morgan fingerprint density at radius 2 is 1.89 bits per heavy atom. The summed E-state index contributed by atoms with van der Waals surface area (Å²) in [5.74, 6) is -2.64. The van der Waals surface area contributed by atoms with E-state index in [9.17, 15) is 9.59 Å². The molecular formula is C26H25Cl2FN2O5S. The van der Waals surface area contributed by atoms with Crippen molar-refractivity contribution < 1.29 is 28.6 Å². The summed E-state index contributed by atoms with van der Waals surface area (Å²) in [5.41, 5.74) is 1.36. The molecular weight excluding hydrogens is 542 g/mol. The first-order chi connectivity index (χ1) is 17.4. The van der Waals surface area contributed by atoms with Gasteiger partial charge in [-0.1, -0.05) is 56.1 Å². The average Bonchev–Trinajstić information content (AvgIpc) is 3.26. The molecule has 2 N–H and O–H groups in total. The summed E-state index contributed by atoms with van der Waals surface area (Å²) in [5, 5.41) is 13.8. The third-order valence-corrected chi connectivity index (χ3v) is 6.30. The molecule has 0 unspecified atom stereocenters. The fourth-order valence-corrected chi connectivity index (χ4v) is 4.47. The molecule has 3 rings (SSSR count). The molecule has 1 aromatic heterocycles. The van der Waals surface area contributed by atoms with Gasteiger partial charge >= 0.3 is 5.97 Å². The van der Waals surface area contributed by atoms with Crippen molar-refractivity contribution in [2.24, 2.45) is 5.41 Å². The highest BCUT2D eigenvalue weighted by Crippen LogP contribution is 2.31. The Bertz CT molecular complexity index is 1330. The van der Waals surface area contributed by atoms with E-state index in [1.165, 1.54) is 25.3 Å². The number of amides is 1. The maximum Gasteiger partial charge on any atom is 0.371 e. The van der Waals surface area contributed by atoms with Crippen LogP contribution in [-0.4, -0.2) is 35.7 Å². The van der Waals surface area contributed by atoms with Gasteiger partial charge in [-0.15, -0.1) is 11.3 Å². The number of methoxy groups -OCH3 is 1. The number of carbonyl (C=O) groups is 2. The van der Waals surface area contributed by atoms with Gasteiger partial charge < -0.3 is 14.6 Å². The lowest BCUT2D eigenvalue weighted by molar-refractivity contribution is -0.135. The quantitative estimate of drug-likeness (QED) is 0.211. The molecule has 0 radical (unpaired) electrons. The minimum atomic E-state index is -1.30. The van der Waals surface area contributed by atoms with Gasteiger partial charge in [-0.05, 0) is 29.7 Å². The Kier molecular flexibility index (Phi) is 9.31. The van der Waals surface area contributed by atoms with Crippen LogP contribution in [0, 0.1) is 11.2 Å². The number of nitrogens with zero attached hydrogens (tertiary/aromatic N) is 1. The number of anilines is 1. The summed E-state index contributed by atoms with van der Waals surface area (Å²) >= 11 is 13.6. The summed E-state index contributed by atoms with van der Waals surface area (Å²) in [4.78, 5) is 28.3. The Morgan fingerprint density at radius 1 is 1.22 bits per heavy atom. The van der Waals surface area contributed by atoms with Gasteiger partial charge in [0.15, 0.2) is 5.13 Å². The SMILES string of the molecule is COC(=Cc1c(Cl)cc(C(=O)Nc2nc(-c3cccc(COCC(C)(C)C)c3F)cs2)cc1Cl)C(=O)O. The molecule has 2 aromatic carbocycles. The lowest BCUT2D eigenvalue weighted by Crippen LogP contribution is -2.14. The van der Waals surface area contributed by atoms with Crippen LogP contribution in [0.3, 0.4) is 0 Å². The van der Waals surface area contributed by atoms with E-state index in [-0.39, 0.29) is 44.1 Å². The first-order valence-electron chi connectivity index (χ1n) is 11.0. The van der Waals surface area contributed by atoms with Gasteiger partial charge in [-0.2, -0.15) is 0 Å². The van der Waals surface area contributed by atoms with Gasteiger partial charge in [0.05, 0.1) is 36.1 Å². The van der Waals surface area contributed by atoms with Gasteiger partial charge in [-0.25, -0.2) is 14.2 Å². The molecule has 0 atom stereocenters. The van der Waals surface area contributed by atoms with Gasteiger partial charge in [0.25, 0.3) is 5.91 Å². The lowest BCUT2D eigenvalue weighted by Gasteiger charge is -2.18. The highest BCUT2D eigenvalue weighted by Gasteiger charge is 2.18. The molecule has 0 aliphatic heterocycles. The Labute approximate surface area is 227 Å². The minimum Gasteiger partial charge on any atom is -0.490 e. The number of carbonyl (C=O) groups excluding carboxylic acids is 1. The van der Waals surface area contributed by atoms with E-state index in [1.54, 1.807) is 23.6 Å². The van der Waals surface area contributed by atoms with Gasteiger partial charge in [0.2, 0.25) is 5.76 Å². The standard InChI is InChI=1S/C26H25Cl2FN2O5S/c1-26(2,3)13-36-11-14-6-5-7-16(22(14)29)20-12-37-25(30-20)31-23(32)15-8-18(27)17(19(28)9-15)10-21(35-4)24(33)34/h5-10,12H,11,13H2,1-4H3,(H,33,34)(H,30,31,32). The Hall–Kier alpha value is -2.98. The van der Waals surface area contributed by atoms with Crippen LogP contribution >= 0.6 is 34.5 Å². The van der Waals surface area contributed by atoms with E-state index in [4.69, 9.17) is 37.8 Å². The maximum atomic E-state index is 15.1. The van der Waals surface area contributed by atoms with Crippen LogP contribution in [0.4, 0.5) is 9.52 Å². The number of aliphatic carboxylic acids is 1. The predicted octanol–water partition coefficient (Wildman–Crippen LogP) is 7.14. The lowest BCUT2D eigenvalue weighted by atomic mass is 9.99. The van der Waals surface area contributed by atoms with E-state index < -0.39 is 17.7 Å². The van der Waals surface area contributed by atoms with Crippen LogP contribution in [0.1, 0.15) is 42.3 Å². The number of aromatic nitrogens is 1. The highest BCUT2D eigenvalue weighted by atomic mass is 35.5. The zero-order chi connectivity index (χ0) is 27.3. The number of benzene rings is 2. The molecule has 1 heterocycles. The fourth-order valence-electron chi connectivity index (χ4n) is 3.17. The summed E-state index contributed by atoms with van der Waals surface area (Å²) in [7, 11) is 1.20. The van der Waals surface area contributed by atoms with Gasteiger partial charge in [0.1, 0.15) is 5.82 Å². The summed E-state index contributed by atoms with van der Waals surface area (Å²) in [6.45, 7) is 6.73. The third kappa shape index (κ3) is 7.52. The van der Waals surface area contributed by atoms with Crippen molar-refractivity contribution in [2.45, 2.75) is 27.4 Å². The van der Waals surface area contributed by atoms with E-state index in [1.807, 2.05) is 20.8 Å². The maximum absolute atomic E-state index is 15.1. The Balaban J connectivity index is 1.77. The number of rotatable bonds is 9. The average molecular weight is 567 g/mol. The monoisotopic (exact) mass is 566 g/mol. The molecule has 0 saturated heterocycles. The normalized spacial score (nSPS) is 11.9. The highest BCUT2D eigenvalue weighted by molar-refractivity contribution is 7.14. The fraction of sp³-hybridized carbons (Fsp3) is 0.269. The number of carboxylic acid groups (broad SMARTS) is 1. The number of hydrogen-bond donors (Lipinski definition) is 2. The van der Waals surface area contributed by atoms with Crippen LogP contribution in [0.15, 0.2) is 41.5 Å². The molecule has 1 amide bonds. The second kappa shape index (κ2) is 12.0. The number of hydrogen-bond acceptors (Lipinski definition) is 6. The number of thiazole rings is 1. The number of ether oxygens (including phenoxy) is 2. The van der Waals surface area contributed by atoms with E-state index in [0.717, 1.165) is 11.3 Å². The summed E-state index contributed by atoms with van der Waals surface area (Å²) in [6.07, 6.45) is 1.17. The molecule has 3 aromatic rings. The van der Waals surface area contributed by atoms with Crippen molar-refractivity contribution in [1.82, 2.24) is 4.98 Å². The van der Waals surface area contributed by atoms with E-state index in [2.05, 4.69) is 10.3 Å². The van der Waals surface area contributed by atoms with Crippen molar-refractivity contribution in [3.8, 4) is 11.3 Å². The van der Waals surface area contributed by atoms with Crippen LogP contribution in [-0.2, 0) is 20.9 Å². The van der Waals surface area contributed by atoms with Crippen LogP contribution < -0.4 is 5.32 Å². The van der Waals surface area contributed by atoms with E-state index in [0.29, 0.717) is 23.4 Å². The molecule has 11 heteroatoms. The molecule has 0 bridgehead atoms. The second-order valence-corrected chi connectivity index (χ2v) is 10.9. The molecule has 0 spiro atoms. The largest absolute Gasteiger partial charge is 0.490 e. The molecule has 0 aliphatic carbocycles.